The molecule has 0 aromatic heterocycles. The van der Waals surface area contributed by atoms with Crippen LogP contribution in [-0.4, -0.2) is 69.1 Å². The molecule has 0 heterocycles. The normalized spacial score (nSPS) is 14.1. The van der Waals surface area contributed by atoms with Crippen molar-refractivity contribution >= 4 is 39.5 Å². The molecule has 0 radical (unpaired) electrons. The Morgan fingerprint density at radius 3 is 2.22 bits per heavy atom. The molecule has 1 amide bonds. The van der Waals surface area contributed by atoms with Crippen molar-refractivity contribution in [1.82, 2.24) is 5.32 Å². The summed E-state index contributed by atoms with van der Waals surface area (Å²) in [7, 11) is -3.57. The lowest BCUT2D eigenvalue weighted by Gasteiger charge is -2.35. The van der Waals surface area contributed by atoms with Crippen LogP contribution in [0.3, 0.4) is 0 Å². The van der Waals surface area contributed by atoms with Gasteiger partial charge >= 0.3 is 12.1 Å². The standard InChI is InChI=1S/C25H41ClN2O7S/c1-17-9-10-19(28(12-11-26)13-14-34-36(8,32)33)15-18(17)16-20(21(22(29)30)24(2,3)4)27-23(31)35-25(5,6)7/h9-10,15,20-21H,11-14,16H2,1-8H3,(H,27,31)(H,29,30)/t20-,21?/m1/s1. The Bertz CT molecular complexity index is 1000. The number of aryl methyl sites for hydroxylation is 1. The van der Waals surface area contributed by atoms with E-state index in [9.17, 15) is 23.1 Å². The number of amides is 1. The quantitative estimate of drug-likeness (QED) is 0.294. The molecule has 2 N–H and O–H groups in total. The maximum absolute atomic E-state index is 12.6. The Morgan fingerprint density at radius 1 is 1.14 bits per heavy atom. The van der Waals surface area contributed by atoms with E-state index in [1.165, 1.54) is 0 Å². The molecule has 1 unspecified atom stereocenters. The van der Waals surface area contributed by atoms with Crippen molar-refractivity contribution in [1.29, 1.82) is 0 Å². The predicted molar refractivity (Wildman–Crippen MR) is 142 cm³/mol. The van der Waals surface area contributed by atoms with E-state index in [-0.39, 0.29) is 13.0 Å². The van der Waals surface area contributed by atoms with Crippen molar-refractivity contribution in [3.05, 3.63) is 29.3 Å². The molecule has 206 valence electrons. The average molecular weight is 549 g/mol. The molecule has 1 rings (SSSR count). The molecule has 36 heavy (non-hydrogen) atoms. The van der Waals surface area contributed by atoms with Crippen LogP contribution in [0.5, 0.6) is 0 Å². The zero-order chi connectivity index (χ0) is 27.9. The van der Waals surface area contributed by atoms with E-state index in [2.05, 4.69) is 5.32 Å². The molecular formula is C25H41ClN2O7S. The van der Waals surface area contributed by atoms with Crippen molar-refractivity contribution in [3.63, 3.8) is 0 Å². The molecule has 0 spiro atoms. The highest BCUT2D eigenvalue weighted by Crippen LogP contribution is 2.32. The third-order valence-corrected chi connectivity index (χ3v) is 6.22. The molecule has 0 bridgehead atoms. The molecule has 0 aliphatic heterocycles. The maximum Gasteiger partial charge on any atom is 0.407 e. The Balaban J connectivity index is 3.34. The Kier molecular flexibility index (Phi) is 11.5. The summed E-state index contributed by atoms with van der Waals surface area (Å²) in [6.45, 7) is 13.3. The molecule has 2 atom stereocenters. The summed E-state index contributed by atoms with van der Waals surface area (Å²) in [4.78, 5) is 26.9. The number of hydrogen-bond acceptors (Lipinski definition) is 7. The van der Waals surface area contributed by atoms with Gasteiger partial charge in [0.2, 0.25) is 0 Å². The molecule has 0 saturated carbocycles. The summed E-state index contributed by atoms with van der Waals surface area (Å²) in [6, 6.07) is 4.95. The summed E-state index contributed by atoms with van der Waals surface area (Å²) in [5.41, 5.74) is 1.16. The molecule has 0 saturated heterocycles. The number of nitrogens with zero attached hydrogens (tertiary/aromatic N) is 1. The lowest BCUT2D eigenvalue weighted by Crippen LogP contribution is -2.50. The fourth-order valence-corrected chi connectivity index (χ4v) is 4.52. The van der Waals surface area contributed by atoms with Gasteiger partial charge in [0, 0.05) is 24.7 Å². The third kappa shape index (κ3) is 11.3. The summed E-state index contributed by atoms with van der Waals surface area (Å²) in [6.07, 6.45) is 0.565. The number of halogens is 1. The first-order valence-corrected chi connectivity index (χ1v) is 14.2. The van der Waals surface area contributed by atoms with Crippen LogP contribution in [0.1, 0.15) is 52.7 Å². The van der Waals surface area contributed by atoms with Crippen LogP contribution in [0.25, 0.3) is 0 Å². The van der Waals surface area contributed by atoms with Gasteiger partial charge in [0.1, 0.15) is 5.60 Å². The monoisotopic (exact) mass is 548 g/mol. The Labute approximate surface area is 220 Å². The van der Waals surface area contributed by atoms with Gasteiger partial charge < -0.3 is 20.1 Å². The van der Waals surface area contributed by atoms with Gasteiger partial charge in [-0.15, -0.1) is 11.6 Å². The molecule has 0 aliphatic rings. The number of anilines is 1. The number of hydrogen-bond donors (Lipinski definition) is 2. The highest BCUT2D eigenvalue weighted by atomic mass is 35.5. The Morgan fingerprint density at radius 2 is 1.75 bits per heavy atom. The van der Waals surface area contributed by atoms with Gasteiger partial charge in [0.25, 0.3) is 10.1 Å². The molecule has 9 nitrogen and oxygen atoms in total. The number of ether oxygens (including phenoxy) is 1. The van der Waals surface area contributed by atoms with Gasteiger partial charge in [-0.25, -0.2) is 4.79 Å². The maximum atomic E-state index is 12.6. The number of benzene rings is 1. The van der Waals surface area contributed by atoms with E-state index < -0.39 is 45.2 Å². The first kappa shape index (κ1) is 32.0. The van der Waals surface area contributed by atoms with E-state index in [1.807, 2.05) is 50.8 Å². The van der Waals surface area contributed by atoms with Crippen LogP contribution in [0.2, 0.25) is 0 Å². The van der Waals surface area contributed by atoms with Gasteiger partial charge in [-0.1, -0.05) is 26.8 Å². The van der Waals surface area contributed by atoms with E-state index >= 15 is 0 Å². The lowest BCUT2D eigenvalue weighted by atomic mass is 9.74. The number of carboxylic acids is 1. The van der Waals surface area contributed by atoms with Crippen LogP contribution in [-0.2, 0) is 30.3 Å². The fourth-order valence-electron chi connectivity index (χ4n) is 3.94. The van der Waals surface area contributed by atoms with Crippen LogP contribution in [0, 0.1) is 18.3 Å². The second kappa shape index (κ2) is 13.0. The van der Waals surface area contributed by atoms with Crippen LogP contribution in [0.4, 0.5) is 10.5 Å². The van der Waals surface area contributed by atoms with Gasteiger partial charge in [0.15, 0.2) is 0 Å². The summed E-state index contributed by atoms with van der Waals surface area (Å²) >= 11 is 5.98. The average Bonchev–Trinajstić information content (AvgIpc) is 2.65. The van der Waals surface area contributed by atoms with E-state index in [1.54, 1.807) is 20.8 Å². The third-order valence-electron chi connectivity index (χ3n) is 5.45. The van der Waals surface area contributed by atoms with Crippen molar-refractivity contribution in [2.45, 2.75) is 66.5 Å². The van der Waals surface area contributed by atoms with Crippen LogP contribution < -0.4 is 10.2 Å². The number of carboxylic acid groups (broad SMARTS) is 1. The first-order valence-electron chi connectivity index (χ1n) is 11.8. The van der Waals surface area contributed by atoms with Crippen LogP contribution in [0.15, 0.2) is 18.2 Å². The van der Waals surface area contributed by atoms with Crippen molar-refractivity contribution in [2.75, 3.05) is 36.7 Å². The molecule has 11 heteroatoms. The highest BCUT2D eigenvalue weighted by Gasteiger charge is 2.40. The topological polar surface area (TPSA) is 122 Å². The molecule has 0 fully saturated rings. The van der Waals surface area contributed by atoms with Crippen molar-refractivity contribution < 1.29 is 32.0 Å². The number of rotatable bonds is 12. The minimum atomic E-state index is -3.57. The number of nitrogens with one attached hydrogen (secondary N) is 1. The number of aliphatic carboxylic acids is 1. The second-order valence-electron chi connectivity index (χ2n) is 11.0. The van der Waals surface area contributed by atoms with Crippen molar-refractivity contribution in [3.8, 4) is 0 Å². The van der Waals surface area contributed by atoms with Gasteiger partial charge in [-0.05, 0) is 62.8 Å². The van der Waals surface area contributed by atoms with Gasteiger partial charge in [-0.2, -0.15) is 8.42 Å². The molecule has 0 aliphatic carbocycles. The zero-order valence-electron chi connectivity index (χ0n) is 22.6. The zero-order valence-corrected chi connectivity index (χ0v) is 24.1. The second-order valence-corrected chi connectivity index (χ2v) is 13.0. The Hall–Kier alpha value is -2.04. The lowest BCUT2D eigenvalue weighted by molar-refractivity contribution is -0.146. The van der Waals surface area contributed by atoms with Gasteiger partial charge in [0.05, 0.1) is 24.8 Å². The smallest absolute Gasteiger partial charge is 0.407 e. The predicted octanol–water partition coefficient (Wildman–Crippen LogP) is 4.20. The minimum absolute atomic E-state index is 0.0349. The van der Waals surface area contributed by atoms with Crippen LogP contribution >= 0.6 is 11.6 Å². The first-order chi connectivity index (χ1) is 16.3. The minimum Gasteiger partial charge on any atom is -0.481 e. The molecular weight excluding hydrogens is 508 g/mol. The highest BCUT2D eigenvalue weighted by molar-refractivity contribution is 7.85. The number of carbonyl (C=O) groups excluding carboxylic acids is 1. The summed E-state index contributed by atoms with van der Waals surface area (Å²) < 4.78 is 33.0. The van der Waals surface area contributed by atoms with Gasteiger partial charge in [-0.3, -0.25) is 8.98 Å². The number of alkyl carbamates (subject to hydrolysis) is 1. The SMILES string of the molecule is Cc1ccc(N(CCCl)CCOS(C)(=O)=O)cc1C[C@@H](NC(=O)OC(C)(C)C)C(C(=O)O)C(C)(C)C. The largest absolute Gasteiger partial charge is 0.481 e. The summed E-state index contributed by atoms with van der Waals surface area (Å²) in [5.74, 6) is -1.59. The van der Waals surface area contributed by atoms with E-state index in [0.29, 0.717) is 19.0 Å². The van der Waals surface area contributed by atoms with Crippen molar-refractivity contribution in [2.24, 2.45) is 11.3 Å². The number of alkyl halides is 1. The number of carbonyl (C=O) groups is 2. The van der Waals surface area contributed by atoms with E-state index in [0.717, 1.165) is 23.1 Å². The fraction of sp³-hybridized carbons (Fsp3) is 0.680. The van der Waals surface area contributed by atoms with E-state index in [4.69, 9.17) is 20.5 Å². The molecule has 1 aromatic rings. The summed E-state index contributed by atoms with van der Waals surface area (Å²) in [5, 5.41) is 12.9. The molecule has 1 aromatic carbocycles.